The molecule has 0 radical (unpaired) electrons. The summed E-state index contributed by atoms with van der Waals surface area (Å²) < 4.78 is 25.5. The van der Waals surface area contributed by atoms with Gasteiger partial charge in [-0.15, -0.1) is 0 Å². The van der Waals surface area contributed by atoms with Crippen LogP contribution in [-0.4, -0.2) is 14.6 Å². The number of furan rings is 1. The number of fused-ring (bicyclic) bond motifs is 1. The van der Waals surface area contributed by atoms with E-state index in [1.807, 2.05) is 55.5 Å². The molecule has 3 aromatic rings. The highest BCUT2D eigenvalue weighted by molar-refractivity contribution is 7.79. The van der Waals surface area contributed by atoms with Crippen molar-refractivity contribution in [2.75, 3.05) is 11.2 Å². The zero-order valence-corrected chi connectivity index (χ0v) is 12.3. The second-order valence-corrected chi connectivity index (χ2v) is 5.71. The predicted molar refractivity (Wildman–Crippen MR) is 85.6 cm³/mol. The van der Waals surface area contributed by atoms with E-state index in [-0.39, 0.29) is 5.88 Å². The van der Waals surface area contributed by atoms with Crippen LogP contribution < -0.4 is 5.32 Å². The number of aryl methyl sites for hydroxylation is 1. The van der Waals surface area contributed by atoms with Crippen LogP contribution in [0.25, 0.3) is 22.3 Å². The lowest BCUT2D eigenvalue weighted by Gasteiger charge is -2.02. The number of anilines is 1. The van der Waals surface area contributed by atoms with Crippen molar-refractivity contribution in [1.29, 1.82) is 0 Å². The van der Waals surface area contributed by atoms with Gasteiger partial charge >= 0.3 is 0 Å². The molecule has 0 aliphatic heterocycles. The Morgan fingerprint density at radius 3 is 2.67 bits per heavy atom. The summed E-state index contributed by atoms with van der Waals surface area (Å²) in [6.45, 7) is 2.03. The second kappa shape index (κ2) is 5.71. The smallest absolute Gasteiger partial charge is 0.172 e. The summed E-state index contributed by atoms with van der Waals surface area (Å²) in [5.74, 6) is 0.852. The van der Waals surface area contributed by atoms with Crippen LogP contribution in [0.3, 0.4) is 0 Å². The van der Waals surface area contributed by atoms with Crippen LogP contribution >= 0.6 is 0 Å². The van der Waals surface area contributed by atoms with Gasteiger partial charge in [-0.25, -0.2) is 4.21 Å². The topological polar surface area (TPSA) is 62.5 Å². The molecule has 0 saturated heterocycles. The van der Waals surface area contributed by atoms with E-state index in [2.05, 4.69) is 5.32 Å². The Hall–Kier alpha value is -2.11. The van der Waals surface area contributed by atoms with Gasteiger partial charge in [0, 0.05) is 28.3 Å². The van der Waals surface area contributed by atoms with Crippen molar-refractivity contribution in [3.8, 4) is 11.3 Å². The largest absolute Gasteiger partial charge is 0.456 e. The van der Waals surface area contributed by atoms with Gasteiger partial charge in [-0.05, 0) is 19.1 Å². The zero-order chi connectivity index (χ0) is 14.8. The van der Waals surface area contributed by atoms with Crippen LogP contribution in [0.5, 0.6) is 0 Å². The normalized spacial score (nSPS) is 12.5. The van der Waals surface area contributed by atoms with Gasteiger partial charge in [-0.3, -0.25) is 0 Å². The molecule has 1 aromatic heterocycles. The van der Waals surface area contributed by atoms with Crippen molar-refractivity contribution in [1.82, 2.24) is 0 Å². The van der Waals surface area contributed by atoms with E-state index in [1.54, 1.807) is 0 Å². The van der Waals surface area contributed by atoms with E-state index in [4.69, 9.17) is 8.97 Å². The molecule has 1 atom stereocenters. The maximum atomic E-state index is 10.7. The highest BCUT2D eigenvalue weighted by Crippen LogP contribution is 2.34. The number of hydrogen-bond acceptors (Lipinski definition) is 3. The maximum Gasteiger partial charge on any atom is 0.172 e. The van der Waals surface area contributed by atoms with Crippen LogP contribution in [0.4, 0.5) is 5.69 Å². The Morgan fingerprint density at radius 2 is 1.95 bits per heavy atom. The van der Waals surface area contributed by atoms with Crippen molar-refractivity contribution in [2.45, 2.75) is 6.92 Å². The first-order valence-corrected chi connectivity index (χ1v) is 7.82. The molecular weight excluding hydrogens is 286 g/mol. The minimum Gasteiger partial charge on any atom is -0.456 e. The van der Waals surface area contributed by atoms with Gasteiger partial charge < -0.3 is 14.3 Å². The van der Waals surface area contributed by atoms with Crippen LogP contribution in [0.15, 0.2) is 52.9 Å². The lowest BCUT2D eigenvalue weighted by Crippen LogP contribution is -2.06. The Labute approximate surface area is 125 Å². The first-order valence-electron chi connectivity index (χ1n) is 6.55. The van der Waals surface area contributed by atoms with E-state index in [0.717, 1.165) is 33.5 Å². The third kappa shape index (κ3) is 2.84. The maximum absolute atomic E-state index is 10.7. The number of hydrogen-bond donors (Lipinski definition) is 2. The summed E-state index contributed by atoms with van der Waals surface area (Å²) in [5.41, 5.74) is 3.66. The molecule has 1 heterocycles. The molecule has 0 spiro atoms. The van der Waals surface area contributed by atoms with Crippen LogP contribution in [0.2, 0.25) is 0 Å². The molecule has 2 N–H and O–H groups in total. The highest BCUT2D eigenvalue weighted by atomic mass is 32.2. The van der Waals surface area contributed by atoms with Gasteiger partial charge in [0.05, 0.1) is 0 Å². The van der Waals surface area contributed by atoms with Crippen molar-refractivity contribution in [3.63, 3.8) is 0 Å². The summed E-state index contributed by atoms with van der Waals surface area (Å²) in [6, 6.07) is 15.6. The molecule has 0 aliphatic rings. The molecule has 5 heteroatoms. The number of nitrogens with one attached hydrogen (secondary N) is 1. The summed E-state index contributed by atoms with van der Waals surface area (Å²) in [6.07, 6.45) is 0. The molecule has 3 rings (SSSR count). The van der Waals surface area contributed by atoms with E-state index in [1.165, 1.54) is 0 Å². The van der Waals surface area contributed by atoms with Crippen molar-refractivity contribution < 1.29 is 13.2 Å². The summed E-state index contributed by atoms with van der Waals surface area (Å²) in [4.78, 5) is 0. The molecule has 0 fully saturated rings. The van der Waals surface area contributed by atoms with Gasteiger partial charge in [-0.2, -0.15) is 0 Å². The third-order valence-corrected chi connectivity index (χ3v) is 3.77. The molecule has 21 heavy (non-hydrogen) atoms. The molecular formula is C16H15NO3S. The fraction of sp³-hybridized carbons (Fsp3) is 0.125. The molecule has 108 valence electrons. The fourth-order valence-corrected chi connectivity index (χ4v) is 2.64. The first-order chi connectivity index (χ1) is 10.1. The van der Waals surface area contributed by atoms with E-state index in [0.29, 0.717) is 0 Å². The van der Waals surface area contributed by atoms with E-state index < -0.39 is 11.1 Å². The average molecular weight is 301 g/mol. The van der Waals surface area contributed by atoms with Gasteiger partial charge in [0.2, 0.25) is 0 Å². The molecule has 2 aromatic carbocycles. The predicted octanol–water partition coefficient (Wildman–Crippen LogP) is 4.00. The SMILES string of the molecule is Cc1c(-c2ccccc2)oc2cc(NCS(=O)O)ccc12. The van der Waals surface area contributed by atoms with Gasteiger partial charge in [0.1, 0.15) is 17.2 Å². The minimum absolute atomic E-state index is 0.00323. The summed E-state index contributed by atoms with van der Waals surface area (Å²) >= 11 is -1.87. The second-order valence-electron chi connectivity index (χ2n) is 4.78. The lowest BCUT2D eigenvalue weighted by molar-refractivity contribution is 0.566. The Bertz CT molecular complexity index is 796. The molecule has 0 bridgehead atoms. The third-order valence-electron chi connectivity index (χ3n) is 3.37. The fourth-order valence-electron chi connectivity index (χ4n) is 2.35. The highest BCUT2D eigenvalue weighted by Gasteiger charge is 2.12. The molecule has 0 amide bonds. The van der Waals surface area contributed by atoms with Crippen molar-refractivity contribution in [2.24, 2.45) is 0 Å². The van der Waals surface area contributed by atoms with Crippen molar-refractivity contribution in [3.05, 3.63) is 54.1 Å². The van der Waals surface area contributed by atoms with Crippen LogP contribution in [0.1, 0.15) is 5.56 Å². The summed E-state index contributed by atoms with van der Waals surface area (Å²) in [7, 11) is 0. The average Bonchev–Trinajstić information content (AvgIpc) is 2.83. The minimum atomic E-state index is -1.87. The van der Waals surface area contributed by atoms with Crippen LogP contribution in [0, 0.1) is 6.92 Å². The molecule has 0 saturated carbocycles. The standard InChI is InChI=1S/C16H15NO3S/c1-11-14-8-7-13(17-10-21(18)19)9-15(14)20-16(11)12-5-3-2-4-6-12/h2-9,17H,10H2,1H3,(H,18,19). The van der Waals surface area contributed by atoms with Crippen molar-refractivity contribution >= 4 is 27.7 Å². The first kappa shape index (κ1) is 13.9. The monoisotopic (exact) mass is 301 g/mol. The molecule has 0 aliphatic carbocycles. The van der Waals surface area contributed by atoms with E-state index in [9.17, 15) is 4.21 Å². The van der Waals surface area contributed by atoms with Gasteiger partial charge in [-0.1, -0.05) is 30.3 Å². The Kier molecular flexibility index (Phi) is 3.77. The van der Waals surface area contributed by atoms with Crippen LogP contribution in [-0.2, 0) is 11.1 Å². The quantitative estimate of drug-likeness (QED) is 0.715. The Balaban J connectivity index is 2.01. The Morgan fingerprint density at radius 1 is 1.19 bits per heavy atom. The lowest BCUT2D eigenvalue weighted by atomic mass is 10.1. The summed E-state index contributed by atoms with van der Waals surface area (Å²) in [5, 5.41) is 3.94. The molecule has 1 unspecified atom stereocenters. The zero-order valence-electron chi connectivity index (χ0n) is 11.5. The number of rotatable bonds is 4. The van der Waals surface area contributed by atoms with Gasteiger partial charge in [0.15, 0.2) is 11.1 Å². The molecule has 4 nitrogen and oxygen atoms in total. The van der Waals surface area contributed by atoms with Gasteiger partial charge in [0.25, 0.3) is 0 Å². The number of benzene rings is 2. The van der Waals surface area contributed by atoms with E-state index >= 15 is 0 Å².